The second-order valence-electron chi connectivity index (χ2n) is 3.45. The molecule has 2 rings (SSSR count). The molecule has 0 fully saturated rings. The Labute approximate surface area is 106 Å². The Hall–Kier alpha value is -1.65. The Morgan fingerprint density at radius 2 is 2.06 bits per heavy atom. The molecular formula is C12H14ClN3O. The summed E-state index contributed by atoms with van der Waals surface area (Å²) in [5.41, 5.74) is 7.13. The highest BCUT2D eigenvalue weighted by Gasteiger charge is 2.02. The van der Waals surface area contributed by atoms with Gasteiger partial charge in [0.25, 0.3) is 0 Å². The number of benzene rings is 1. The molecule has 90 valence electrons. The van der Waals surface area contributed by atoms with Gasteiger partial charge in [0.15, 0.2) is 0 Å². The summed E-state index contributed by atoms with van der Waals surface area (Å²) >= 11 is 0. The van der Waals surface area contributed by atoms with Gasteiger partial charge in [-0.15, -0.1) is 12.4 Å². The molecule has 0 spiro atoms. The van der Waals surface area contributed by atoms with Gasteiger partial charge in [-0.05, 0) is 24.7 Å². The van der Waals surface area contributed by atoms with Gasteiger partial charge >= 0.3 is 0 Å². The van der Waals surface area contributed by atoms with Gasteiger partial charge < -0.3 is 10.8 Å². The van der Waals surface area contributed by atoms with Crippen molar-refractivity contribution in [2.24, 2.45) is 5.73 Å². The number of aromatic hydroxyl groups is 1. The Balaban J connectivity index is 0.00000144. The van der Waals surface area contributed by atoms with Crippen LogP contribution < -0.4 is 5.73 Å². The highest BCUT2D eigenvalue weighted by Crippen LogP contribution is 2.20. The predicted molar refractivity (Wildman–Crippen MR) is 69.1 cm³/mol. The van der Waals surface area contributed by atoms with E-state index in [9.17, 15) is 5.11 Å². The fraction of sp³-hybridized carbons (Fsp3) is 0.167. The van der Waals surface area contributed by atoms with Crippen molar-refractivity contribution in [2.75, 3.05) is 6.54 Å². The van der Waals surface area contributed by atoms with Gasteiger partial charge in [0.1, 0.15) is 11.6 Å². The number of phenolic OH excluding ortho intramolecular Hbond substituents is 1. The quantitative estimate of drug-likeness (QED) is 0.872. The first-order valence-electron chi connectivity index (χ1n) is 5.11. The maximum absolute atomic E-state index is 9.38. The van der Waals surface area contributed by atoms with Gasteiger partial charge in [-0.25, -0.2) is 9.97 Å². The second-order valence-corrected chi connectivity index (χ2v) is 3.45. The summed E-state index contributed by atoms with van der Waals surface area (Å²) in [6.07, 6.45) is 2.37. The molecule has 0 saturated heterocycles. The van der Waals surface area contributed by atoms with Crippen LogP contribution in [-0.4, -0.2) is 21.6 Å². The molecule has 0 atom stereocenters. The fourth-order valence-corrected chi connectivity index (χ4v) is 1.47. The van der Waals surface area contributed by atoms with Crippen molar-refractivity contribution < 1.29 is 5.11 Å². The van der Waals surface area contributed by atoms with Crippen LogP contribution >= 0.6 is 12.4 Å². The number of nitrogens with two attached hydrogens (primary N) is 1. The zero-order valence-corrected chi connectivity index (χ0v) is 10.0. The first-order valence-corrected chi connectivity index (χ1v) is 5.11. The molecule has 17 heavy (non-hydrogen) atoms. The van der Waals surface area contributed by atoms with E-state index in [4.69, 9.17) is 5.73 Å². The van der Waals surface area contributed by atoms with Crippen molar-refractivity contribution >= 4 is 12.4 Å². The lowest BCUT2D eigenvalue weighted by atomic mass is 10.1. The lowest BCUT2D eigenvalue weighted by Gasteiger charge is -2.03. The topological polar surface area (TPSA) is 72.0 Å². The normalized spacial score (nSPS) is 9.71. The standard InChI is InChI=1S/C12H13N3O.ClH/c13-6-4-12-14-7-5-11(15-12)9-2-1-3-10(16)8-9;/h1-3,5,7-8,16H,4,6,13H2;1H. The Bertz CT molecular complexity index is 491. The van der Waals surface area contributed by atoms with Crippen molar-refractivity contribution in [1.82, 2.24) is 9.97 Å². The van der Waals surface area contributed by atoms with Gasteiger partial charge in [0.05, 0.1) is 5.69 Å². The fourth-order valence-electron chi connectivity index (χ4n) is 1.47. The van der Waals surface area contributed by atoms with E-state index in [0.29, 0.717) is 13.0 Å². The minimum absolute atomic E-state index is 0. The maximum Gasteiger partial charge on any atom is 0.130 e. The molecule has 0 aliphatic carbocycles. The molecule has 0 unspecified atom stereocenters. The van der Waals surface area contributed by atoms with E-state index in [0.717, 1.165) is 17.1 Å². The van der Waals surface area contributed by atoms with Crippen molar-refractivity contribution in [3.05, 3.63) is 42.4 Å². The Morgan fingerprint density at radius 1 is 1.24 bits per heavy atom. The highest BCUT2D eigenvalue weighted by atomic mass is 35.5. The van der Waals surface area contributed by atoms with Crippen LogP contribution in [0.4, 0.5) is 0 Å². The van der Waals surface area contributed by atoms with E-state index in [1.807, 2.05) is 12.1 Å². The monoisotopic (exact) mass is 251 g/mol. The van der Waals surface area contributed by atoms with Crippen LogP contribution in [0.15, 0.2) is 36.5 Å². The van der Waals surface area contributed by atoms with Gasteiger partial charge in [-0.1, -0.05) is 12.1 Å². The molecule has 0 radical (unpaired) electrons. The third-order valence-electron chi connectivity index (χ3n) is 2.22. The highest BCUT2D eigenvalue weighted by molar-refractivity contribution is 5.85. The molecule has 0 amide bonds. The third-order valence-corrected chi connectivity index (χ3v) is 2.22. The molecule has 0 aliphatic rings. The number of hydrogen-bond acceptors (Lipinski definition) is 4. The zero-order chi connectivity index (χ0) is 11.4. The average Bonchev–Trinajstić information content (AvgIpc) is 2.30. The van der Waals surface area contributed by atoms with E-state index in [-0.39, 0.29) is 18.2 Å². The van der Waals surface area contributed by atoms with E-state index in [1.165, 1.54) is 0 Å². The third kappa shape index (κ3) is 3.41. The Kier molecular flexibility index (Phi) is 4.87. The summed E-state index contributed by atoms with van der Waals surface area (Å²) in [6, 6.07) is 8.80. The van der Waals surface area contributed by atoms with Crippen LogP contribution in [0.3, 0.4) is 0 Å². The van der Waals surface area contributed by atoms with Crippen molar-refractivity contribution in [3.63, 3.8) is 0 Å². The lowest BCUT2D eigenvalue weighted by Crippen LogP contribution is -2.06. The molecule has 0 saturated carbocycles. The van der Waals surface area contributed by atoms with Crippen LogP contribution in [0, 0.1) is 0 Å². The van der Waals surface area contributed by atoms with Gasteiger partial charge in [0.2, 0.25) is 0 Å². The molecule has 1 aromatic heterocycles. The maximum atomic E-state index is 9.38. The van der Waals surface area contributed by atoms with Gasteiger partial charge in [-0.2, -0.15) is 0 Å². The van der Waals surface area contributed by atoms with Gasteiger partial charge in [0, 0.05) is 18.2 Å². The Morgan fingerprint density at radius 3 is 2.76 bits per heavy atom. The molecular weight excluding hydrogens is 238 g/mol. The summed E-state index contributed by atoms with van der Waals surface area (Å²) in [6.45, 7) is 0.531. The van der Waals surface area contributed by atoms with E-state index in [2.05, 4.69) is 9.97 Å². The summed E-state index contributed by atoms with van der Waals surface area (Å²) in [5.74, 6) is 0.958. The van der Waals surface area contributed by atoms with Crippen LogP contribution in [0.2, 0.25) is 0 Å². The van der Waals surface area contributed by atoms with Crippen LogP contribution in [0.5, 0.6) is 5.75 Å². The van der Waals surface area contributed by atoms with E-state index < -0.39 is 0 Å². The number of rotatable bonds is 3. The second kappa shape index (κ2) is 6.18. The van der Waals surface area contributed by atoms with Crippen molar-refractivity contribution in [1.29, 1.82) is 0 Å². The largest absolute Gasteiger partial charge is 0.508 e. The molecule has 2 aromatic rings. The first kappa shape index (κ1) is 13.4. The first-order chi connectivity index (χ1) is 7.79. The SMILES string of the molecule is Cl.NCCc1nccc(-c2cccc(O)c2)n1. The molecule has 3 N–H and O–H groups in total. The smallest absolute Gasteiger partial charge is 0.130 e. The molecule has 1 aromatic carbocycles. The predicted octanol–water partition coefficient (Wildman–Crippen LogP) is 1.77. The van der Waals surface area contributed by atoms with Crippen LogP contribution in [0.25, 0.3) is 11.3 Å². The minimum atomic E-state index is 0. The van der Waals surface area contributed by atoms with Gasteiger partial charge in [-0.3, -0.25) is 0 Å². The summed E-state index contributed by atoms with van der Waals surface area (Å²) in [4.78, 5) is 8.50. The number of nitrogens with zero attached hydrogens (tertiary/aromatic N) is 2. The number of aromatic nitrogens is 2. The molecule has 4 nitrogen and oxygen atoms in total. The van der Waals surface area contributed by atoms with Crippen LogP contribution in [-0.2, 0) is 6.42 Å². The van der Waals surface area contributed by atoms with Crippen molar-refractivity contribution in [2.45, 2.75) is 6.42 Å². The average molecular weight is 252 g/mol. The van der Waals surface area contributed by atoms with E-state index >= 15 is 0 Å². The lowest BCUT2D eigenvalue weighted by molar-refractivity contribution is 0.475. The summed E-state index contributed by atoms with van der Waals surface area (Å²) in [7, 11) is 0. The van der Waals surface area contributed by atoms with E-state index in [1.54, 1.807) is 24.4 Å². The summed E-state index contributed by atoms with van der Waals surface area (Å²) < 4.78 is 0. The molecule has 0 aliphatic heterocycles. The number of halogens is 1. The van der Waals surface area contributed by atoms with Crippen LogP contribution in [0.1, 0.15) is 5.82 Å². The zero-order valence-electron chi connectivity index (χ0n) is 9.21. The van der Waals surface area contributed by atoms with Crippen molar-refractivity contribution in [3.8, 4) is 17.0 Å². The molecule has 1 heterocycles. The minimum Gasteiger partial charge on any atom is -0.508 e. The molecule has 0 bridgehead atoms. The number of hydrogen-bond donors (Lipinski definition) is 2. The number of phenols is 1. The summed E-state index contributed by atoms with van der Waals surface area (Å²) in [5, 5.41) is 9.38. The molecule has 5 heteroatoms.